The predicted octanol–water partition coefficient (Wildman–Crippen LogP) is 3.61. The lowest BCUT2D eigenvalue weighted by atomic mass is 10.1. The highest BCUT2D eigenvalue weighted by Gasteiger charge is 2.11. The van der Waals surface area contributed by atoms with Gasteiger partial charge >= 0.3 is 0 Å². The van der Waals surface area contributed by atoms with Crippen molar-refractivity contribution >= 4 is 21.8 Å². The van der Waals surface area contributed by atoms with E-state index >= 15 is 0 Å². The molecule has 0 atom stereocenters. The highest BCUT2D eigenvalue weighted by atomic mass is 19.1. The number of halogens is 2. The van der Waals surface area contributed by atoms with Gasteiger partial charge < -0.3 is 9.72 Å². The van der Waals surface area contributed by atoms with Crippen molar-refractivity contribution in [2.75, 3.05) is 7.11 Å². The maximum absolute atomic E-state index is 13.7. The van der Waals surface area contributed by atoms with Gasteiger partial charge in [-0.25, -0.2) is 8.78 Å². The van der Waals surface area contributed by atoms with Gasteiger partial charge in [-0.3, -0.25) is 0 Å². The lowest BCUT2D eigenvalue weighted by Crippen LogP contribution is -1.82. The van der Waals surface area contributed by atoms with Gasteiger partial charge in [-0.15, -0.1) is 0 Å². The van der Waals surface area contributed by atoms with Gasteiger partial charge in [-0.1, -0.05) is 0 Å². The van der Waals surface area contributed by atoms with E-state index in [1.807, 2.05) is 0 Å². The molecule has 2 aromatic carbocycles. The van der Waals surface area contributed by atoms with E-state index < -0.39 is 11.6 Å². The second-order valence-electron chi connectivity index (χ2n) is 3.85. The molecule has 2 nitrogen and oxygen atoms in total. The number of hydrogen-bond acceptors (Lipinski definition) is 1. The third-order valence-electron chi connectivity index (χ3n) is 2.82. The molecule has 0 aliphatic carbocycles. The van der Waals surface area contributed by atoms with Crippen LogP contribution in [0.4, 0.5) is 8.78 Å². The molecule has 0 aliphatic heterocycles. The Morgan fingerprint density at radius 2 is 1.88 bits per heavy atom. The number of hydrogen-bond donors (Lipinski definition) is 1. The molecule has 86 valence electrons. The molecule has 0 radical (unpaired) electrons. The molecule has 0 spiro atoms. The summed E-state index contributed by atoms with van der Waals surface area (Å²) < 4.78 is 31.9. The highest BCUT2D eigenvalue weighted by Crippen LogP contribution is 2.30. The number of aromatic nitrogens is 1. The first-order valence-electron chi connectivity index (χ1n) is 5.13. The van der Waals surface area contributed by atoms with Crippen molar-refractivity contribution < 1.29 is 13.5 Å². The van der Waals surface area contributed by atoms with E-state index in [-0.39, 0.29) is 0 Å². The summed E-state index contributed by atoms with van der Waals surface area (Å²) in [6.45, 7) is 0. The van der Waals surface area contributed by atoms with Gasteiger partial charge in [-0.2, -0.15) is 0 Å². The smallest absolute Gasteiger partial charge is 0.136 e. The first-order chi connectivity index (χ1) is 8.19. The number of aromatic amines is 1. The number of ether oxygens (including phenoxy) is 1. The molecule has 1 N–H and O–H groups in total. The van der Waals surface area contributed by atoms with E-state index in [0.717, 1.165) is 11.6 Å². The second kappa shape index (κ2) is 3.45. The number of methoxy groups -OCH3 is 1. The summed E-state index contributed by atoms with van der Waals surface area (Å²) >= 11 is 0. The highest BCUT2D eigenvalue weighted by molar-refractivity contribution is 6.07. The minimum atomic E-state index is -0.589. The Labute approximate surface area is 95.8 Å². The standard InChI is InChI=1S/C13H9F2NO/c1-17-8-2-3-11-9(6-8)13-10(15)4-7(14)5-12(13)16-11/h2-6,16H,1H3. The van der Waals surface area contributed by atoms with E-state index in [9.17, 15) is 8.78 Å². The van der Waals surface area contributed by atoms with E-state index in [4.69, 9.17) is 4.74 Å². The molecule has 4 heteroatoms. The maximum atomic E-state index is 13.7. The van der Waals surface area contributed by atoms with Crippen molar-refractivity contribution in [2.45, 2.75) is 0 Å². The molecule has 3 rings (SSSR count). The summed E-state index contributed by atoms with van der Waals surface area (Å²) in [5.41, 5.74) is 1.20. The SMILES string of the molecule is COc1ccc2[nH]c3cc(F)cc(F)c3c2c1. The molecule has 0 amide bonds. The summed E-state index contributed by atoms with van der Waals surface area (Å²) in [6, 6.07) is 7.45. The largest absolute Gasteiger partial charge is 0.497 e. The number of fused-ring (bicyclic) bond motifs is 3. The summed E-state index contributed by atoms with van der Waals surface area (Å²) in [5, 5.41) is 1.08. The van der Waals surface area contributed by atoms with E-state index in [1.54, 1.807) is 25.3 Å². The first-order valence-corrected chi connectivity index (χ1v) is 5.13. The summed E-state index contributed by atoms with van der Waals surface area (Å²) in [4.78, 5) is 2.98. The van der Waals surface area contributed by atoms with Gasteiger partial charge in [0.05, 0.1) is 12.6 Å². The Morgan fingerprint density at radius 1 is 1.06 bits per heavy atom. The zero-order chi connectivity index (χ0) is 12.0. The molecule has 1 heterocycles. The van der Waals surface area contributed by atoms with Crippen LogP contribution < -0.4 is 4.74 Å². The van der Waals surface area contributed by atoms with Gasteiger partial charge in [0.2, 0.25) is 0 Å². The minimum Gasteiger partial charge on any atom is -0.497 e. The Balaban J connectivity index is 2.48. The molecule has 0 saturated carbocycles. The van der Waals surface area contributed by atoms with Crippen LogP contribution in [0.1, 0.15) is 0 Å². The summed E-state index contributed by atoms with van der Waals surface area (Å²) in [7, 11) is 1.55. The van der Waals surface area contributed by atoms with Crippen LogP contribution in [0.2, 0.25) is 0 Å². The van der Waals surface area contributed by atoms with E-state index in [2.05, 4.69) is 4.98 Å². The zero-order valence-electron chi connectivity index (χ0n) is 9.05. The van der Waals surface area contributed by atoms with Crippen LogP contribution in [-0.4, -0.2) is 12.1 Å². The predicted molar refractivity (Wildman–Crippen MR) is 62.3 cm³/mol. The van der Waals surface area contributed by atoms with Gasteiger partial charge in [0.25, 0.3) is 0 Å². The molecule has 1 aromatic heterocycles. The minimum absolute atomic E-state index is 0.389. The Hall–Kier alpha value is -2.10. The van der Waals surface area contributed by atoms with Gasteiger partial charge in [0.1, 0.15) is 17.4 Å². The Bertz CT molecular complexity index is 718. The van der Waals surface area contributed by atoms with Gasteiger partial charge in [0.15, 0.2) is 0 Å². The van der Waals surface area contributed by atoms with Crippen molar-refractivity contribution in [3.05, 3.63) is 42.0 Å². The monoisotopic (exact) mass is 233 g/mol. The number of rotatable bonds is 1. The van der Waals surface area contributed by atoms with Crippen LogP contribution in [0.15, 0.2) is 30.3 Å². The third kappa shape index (κ3) is 1.45. The van der Waals surface area contributed by atoms with Crippen molar-refractivity contribution in [1.82, 2.24) is 4.98 Å². The van der Waals surface area contributed by atoms with Crippen LogP contribution in [0, 0.1) is 11.6 Å². The van der Waals surface area contributed by atoms with E-state index in [1.165, 1.54) is 6.07 Å². The molecule has 0 aliphatic rings. The number of nitrogens with one attached hydrogen (secondary N) is 1. The fourth-order valence-electron chi connectivity index (χ4n) is 2.06. The van der Waals surface area contributed by atoms with Gasteiger partial charge in [-0.05, 0) is 24.3 Å². The van der Waals surface area contributed by atoms with Crippen LogP contribution >= 0.6 is 0 Å². The van der Waals surface area contributed by atoms with Crippen LogP contribution in [0.5, 0.6) is 5.75 Å². The lowest BCUT2D eigenvalue weighted by Gasteiger charge is -1.99. The number of benzene rings is 2. The molecule has 0 saturated heterocycles. The summed E-state index contributed by atoms with van der Waals surface area (Å²) in [5.74, 6) is -0.518. The number of H-pyrrole nitrogens is 1. The molecule has 17 heavy (non-hydrogen) atoms. The normalized spacial score (nSPS) is 11.2. The molecular weight excluding hydrogens is 224 g/mol. The zero-order valence-corrected chi connectivity index (χ0v) is 9.05. The second-order valence-corrected chi connectivity index (χ2v) is 3.85. The van der Waals surface area contributed by atoms with Crippen molar-refractivity contribution in [3.8, 4) is 5.75 Å². The average molecular weight is 233 g/mol. The Morgan fingerprint density at radius 3 is 2.65 bits per heavy atom. The molecule has 0 bridgehead atoms. The van der Waals surface area contributed by atoms with Gasteiger partial charge in [0, 0.05) is 22.4 Å². The quantitative estimate of drug-likeness (QED) is 0.682. The maximum Gasteiger partial charge on any atom is 0.136 e. The van der Waals surface area contributed by atoms with Crippen molar-refractivity contribution in [1.29, 1.82) is 0 Å². The molecular formula is C13H9F2NO. The lowest BCUT2D eigenvalue weighted by molar-refractivity contribution is 0.415. The van der Waals surface area contributed by atoms with Crippen LogP contribution in [0.3, 0.4) is 0 Å². The average Bonchev–Trinajstić information content (AvgIpc) is 2.65. The first kappa shape index (κ1) is 10.1. The fourth-order valence-corrected chi connectivity index (χ4v) is 2.06. The van der Waals surface area contributed by atoms with E-state index in [0.29, 0.717) is 22.0 Å². The van der Waals surface area contributed by atoms with Crippen LogP contribution in [-0.2, 0) is 0 Å². The third-order valence-corrected chi connectivity index (χ3v) is 2.82. The molecule has 0 fully saturated rings. The van der Waals surface area contributed by atoms with Crippen molar-refractivity contribution in [2.24, 2.45) is 0 Å². The Kier molecular flexibility index (Phi) is 2.04. The van der Waals surface area contributed by atoms with Crippen LogP contribution in [0.25, 0.3) is 21.8 Å². The molecule has 0 unspecified atom stereocenters. The topological polar surface area (TPSA) is 25.0 Å². The fraction of sp³-hybridized carbons (Fsp3) is 0.0769. The summed E-state index contributed by atoms with van der Waals surface area (Å²) in [6.07, 6.45) is 0. The molecule has 3 aromatic rings. The van der Waals surface area contributed by atoms with Crippen molar-refractivity contribution in [3.63, 3.8) is 0 Å².